The number of nitrogens with zero attached hydrogens (tertiary/aromatic N) is 2. The molecule has 1 aromatic rings. The zero-order valence-corrected chi connectivity index (χ0v) is 12.3. The van der Waals surface area contributed by atoms with Gasteiger partial charge in [-0.1, -0.05) is 30.8 Å². The first kappa shape index (κ1) is 14.5. The molecular formula is C15H23N3O3. The van der Waals surface area contributed by atoms with Crippen molar-refractivity contribution in [2.75, 3.05) is 0 Å². The van der Waals surface area contributed by atoms with Crippen LogP contribution in [0.2, 0.25) is 0 Å². The third-order valence-corrected chi connectivity index (χ3v) is 4.56. The lowest BCUT2D eigenvalue weighted by Gasteiger charge is -2.18. The van der Waals surface area contributed by atoms with Crippen molar-refractivity contribution in [3.63, 3.8) is 0 Å². The second-order valence-electron chi connectivity index (χ2n) is 6.44. The standard InChI is InChI=1S/C15H23N3O3/c19-13(16-11-5-1-2-6-11)9-12-17-14(21-18-12)10-15(20)7-3-4-8-15/h11,20H,1-10H2,(H,16,19). The molecule has 0 aliphatic heterocycles. The molecule has 0 atom stereocenters. The Bertz CT molecular complexity index is 488. The highest BCUT2D eigenvalue weighted by atomic mass is 16.5. The highest BCUT2D eigenvalue weighted by molar-refractivity contribution is 5.78. The average molecular weight is 293 g/mol. The summed E-state index contributed by atoms with van der Waals surface area (Å²) in [5.41, 5.74) is -0.699. The molecular weight excluding hydrogens is 270 g/mol. The molecule has 2 N–H and O–H groups in total. The topological polar surface area (TPSA) is 88.2 Å². The maximum absolute atomic E-state index is 11.9. The smallest absolute Gasteiger partial charge is 0.229 e. The van der Waals surface area contributed by atoms with E-state index in [0.29, 0.717) is 24.2 Å². The van der Waals surface area contributed by atoms with Crippen molar-refractivity contribution in [3.8, 4) is 0 Å². The molecule has 0 aromatic carbocycles. The van der Waals surface area contributed by atoms with Crippen molar-refractivity contribution in [2.45, 2.75) is 75.9 Å². The van der Waals surface area contributed by atoms with Crippen LogP contribution in [0.25, 0.3) is 0 Å². The molecule has 2 fully saturated rings. The monoisotopic (exact) mass is 293 g/mol. The van der Waals surface area contributed by atoms with E-state index in [0.717, 1.165) is 38.5 Å². The van der Waals surface area contributed by atoms with Crippen molar-refractivity contribution < 1.29 is 14.4 Å². The van der Waals surface area contributed by atoms with Gasteiger partial charge in [-0.15, -0.1) is 0 Å². The van der Waals surface area contributed by atoms with E-state index in [1.165, 1.54) is 12.8 Å². The van der Waals surface area contributed by atoms with Gasteiger partial charge in [-0.05, 0) is 25.7 Å². The van der Waals surface area contributed by atoms with Crippen LogP contribution in [0, 0.1) is 0 Å². The Balaban J connectivity index is 1.51. The van der Waals surface area contributed by atoms with Gasteiger partial charge in [0.05, 0.1) is 18.4 Å². The first-order valence-corrected chi connectivity index (χ1v) is 7.96. The number of nitrogens with one attached hydrogen (secondary N) is 1. The Morgan fingerprint density at radius 1 is 1.29 bits per heavy atom. The molecule has 0 spiro atoms. The lowest BCUT2D eigenvalue weighted by Crippen LogP contribution is -2.34. The SMILES string of the molecule is O=C(Cc1noc(CC2(O)CCCC2)n1)NC1CCCC1. The van der Waals surface area contributed by atoms with E-state index in [9.17, 15) is 9.90 Å². The molecule has 6 heteroatoms. The van der Waals surface area contributed by atoms with E-state index in [2.05, 4.69) is 15.5 Å². The van der Waals surface area contributed by atoms with Gasteiger partial charge in [0.2, 0.25) is 11.8 Å². The number of carbonyl (C=O) groups excluding carboxylic acids is 1. The molecule has 0 unspecified atom stereocenters. The zero-order chi connectivity index (χ0) is 14.7. The molecule has 3 rings (SSSR count). The molecule has 116 valence electrons. The molecule has 0 radical (unpaired) electrons. The summed E-state index contributed by atoms with van der Waals surface area (Å²) < 4.78 is 5.16. The maximum Gasteiger partial charge on any atom is 0.229 e. The van der Waals surface area contributed by atoms with Gasteiger partial charge in [0, 0.05) is 6.04 Å². The van der Waals surface area contributed by atoms with E-state index >= 15 is 0 Å². The van der Waals surface area contributed by atoms with E-state index in [1.54, 1.807) is 0 Å². The number of rotatable bonds is 5. The number of aliphatic hydroxyl groups is 1. The minimum Gasteiger partial charge on any atom is -0.389 e. The van der Waals surface area contributed by atoms with Crippen molar-refractivity contribution >= 4 is 5.91 Å². The summed E-state index contributed by atoms with van der Waals surface area (Å²) in [6.45, 7) is 0. The van der Waals surface area contributed by atoms with E-state index < -0.39 is 5.60 Å². The third kappa shape index (κ3) is 3.81. The van der Waals surface area contributed by atoms with Gasteiger partial charge in [-0.2, -0.15) is 4.98 Å². The summed E-state index contributed by atoms with van der Waals surface area (Å²) in [5.74, 6) is 0.791. The van der Waals surface area contributed by atoms with E-state index in [-0.39, 0.29) is 12.3 Å². The van der Waals surface area contributed by atoms with Crippen LogP contribution >= 0.6 is 0 Å². The number of amides is 1. The highest BCUT2D eigenvalue weighted by Gasteiger charge is 2.33. The molecule has 2 aliphatic carbocycles. The minimum absolute atomic E-state index is 0.0474. The fraction of sp³-hybridized carbons (Fsp3) is 0.800. The summed E-state index contributed by atoms with van der Waals surface area (Å²) in [5, 5.41) is 17.2. The third-order valence-electron chi connectivity index (χ3n) is 4.56. The Kier molecular flexibility index (Phi) is 4.24. The van der Waals surface area contributed by atoms with Crippen LogP contribution in [-0.2, 0) is 17.6 Å². The van der Waals surface area contributed by atoms with Crippen LogP contribution in [0.15, 0.2) is 4.52 Å². The van der Waals surface area contributed by atoms with Crippen LogP contribution in [0.4, 0.5) is 0 Å². The van der Waals surface area contributed by atoms with Crippen LogP contribution < -0.4 is 5.32 Å². The highest BCUT2D eigenvalue weighted by Crippen LogP contribution is 2.32. The van der Waals surface area contributed by atoms with Crippen molar-refractivity contribution in [1.29, 1.82) is 0 Å². The Hall–Kier alpha value is -1.43. The van der Waals surface area contributed by atoms with Gasteiger partial charge in [0.1, 0.15) is 0 Å². The van der Waals surface area contributed by atoms with Crippen molar-refractivity contribution in [2.24, 2.45) is 0 Å². The predicted molar refractivity (Wildman–Crippen MR) is 75.5 cm³/mol. The quantitative estimate of drug-likeness (QED) is 0.859. The van der Waals surface area contributed by atoms with Gasteiger partial charge in [0.25, 0.3) is 0 Å². The molecule has 0 saturated heterocycles. The first-order valence-electron chi connectivity index (χ1n) is 7.96. The molecule has 21 heavy (non-hydrogen) atoms. The summed E-state index contributed by atoms with van der Waals surface area (Å²) in [6.07, 6.45) is 8.71. The fourth-order valence-corrected chi connectivity index (χ4v) is 3.42. The summed E-state index contributed by atoms with van der Waals surface area (Å²) in [4.78, 5) is 16.1. The maximum atomic E-state index is 11.9. The van der Waals surface area contributed by atoms with Crippen LogP contribution in [0.1, 0.15) is 63.1 Å². The van der Waals surface area contributed by atoms with Gasteiger partial charge in [-0.3, -0.25) is 4.79 Å². The van der Waals surface area contributed by atoms with Crippen molar-refractivity contribution in [1.82, 2.24) is 15.5 Å². The van der Waals surface area contributed by atoms with Crippen LogP contribution in [0.5, 0.6) is 0 Å². The molecule has 0 bridgehead atoms. The number of hydrogen-bond donors (Lipinski definition) is 2. The number of aromatic nitrogens is 2. The molecule has 6 nitrogen and oxygen atoms in total. The lowest BCUT2D eigenvalue weighted by molar-refractivity contribution is -0.121. The first-order chi connectivity index (χ1) is 10.1. The van der Waals surface area contributed by atoms with E-state index in [4.69, 9.17) is 4.52 Å². The minimum atomic E-state index is -0.699. The van der Waals surface area contributed by atoms with Gasteiger partial charge in [-0.25, -0.2) is 0 Å². The summed E-state index contributed by atoms with van der Waals surface area (Å²) >= 11 is 0. The second-order valence-corrected chi connectivity index (χ2v) is 6.44. The molecule has 2 saturated carbocycles. The Morgan fingerprint density at radius 3 is 2.71 bits per heavy atom. The molecule has 1 heterocycles. The second kappa shape index (κ2) is 6.13. The summed E-state index contributed by atoms with van der Waals surface area (Å²) in [7, 11) is 0. The lowest BCUT2D eigenvalue weighted by atomic mass is 9.98. The van der Waals surface area contributed by atoms with E-state index in [1.807, 2.05) is 0 Å². The van der Waals surface area contributed by atoms with Crippen molar-refractivity contribution in [3.05, 3.63) is 11.7 Å². The number of carbonyl (C=O) groups is 1. The molecule has 1 amide bonds. The van der Waals surface area contributed by atoms with Gasteiger partial charge >= 0.3 is 0 Å². The van der Waals surface area contributed by atoms with Gasteiger partial charge in [0.15, 0.2) is 5.82 Å². The fourth-order valence-electron chi connectivity index (χ4n) is 3.42. The molecule has 1 aromatic heterocycles. The average Bonchev–Trinajstić information content (AvgIpc) is 3.14. The van der Waals surface area contributed by atoms with Crippen LogP contribution in [-0.4, -0.2) is 32.8 Å². The van der Waals surface area contributed by atoms with Crippen LogP contribution in [0.3, 0.4) is 0 Å². The zero-order valence-electron chi connectivity index (χ0n) is 12.3. The normalized spacial score (nSPS) is 21.8. The van der Waals surface area contributed by atoms with Gasteiger partial charge < -0.3 is 14.9 Å². The Labute approximate surface area is 124 Å². The largest absolute Gasteiger partial charge is 0.389 e. The Morgan fingerprint density at radius 2 is 2.00 bits per heavy atom. The predicted octanol–water partition coefficient (Wildman–Crippen LogP) is 1.52. The summed E-state index contributed by atoms with van der Waals surface area (Å²) in [6, 6.07) is 0.308. The molecule has 2 aliphatic rings. The number of hydrogen-bond acceptors (Lipinski definition) is 5.